The van der Waals surface area contributed by atoms with E-state index in [0.29, 0.717) is 33.0 Å². The second-order valence-electron chi connectivity index (χ2n) is 10.4. The maximum absolute atomic E-state index is 11.6. The summed E-state index contributed by atoms with van der Waals surface area (Å²) in [5, 5.41) is 13.8. The fourth-order valence-corrected chi connectivity index (χ4v) is 7.20. The van der Waals surface area contributed by atoms with Crippen LogP contribution in [-0.2, 0) is 40.7 Å². The van der Waals surface area contributed by atoms with E-state index in [-0.39, 0.29) is 18.3 Å². The van der Waals surface area contributed by atoms with Crippen LogP contribution in [0.5, 0.6) is 0 Å². The molecule has 1 fully saturated rings. The number of nitrogens with zero attached hydrogens (tertiary/aromatic N) is 1. The van der Waals surface area contributed by atoms with Gasteiger partial charge < -0.3 is 19.5 Å². The summed E-state index contributed by atoms with van der Waals surface area (Å²) in [5.41, 5.74) is 5.92. The number of aliphatic carboxylic acids is 1. The molecular weight excluding hydrogens is 586 g/mol. The molecule has 1 aliphatic heterocycles. The number of rotatable bonds is 14. The Morgan fingerprint density at radius 3 is 1.90 bits per heavy atom. The van der Waals surface area contributed by atoms with Gasteiger partial charge in [0, 0.05) is 28.4 Å². The first kappa shape index (κ1) is 32.1. The second kappa shape index (κ2) is 16.8. The third-order valence-electron chi connectivity index (χ3n) is 7.37. The van der Waals surface area contributed by atoms with Crippen LogP contribution in [0, 0.1) is 5.92 Å². The van der Waals surface area contributed by atoms with Crippen LogP contribution >= 0.6 is 35.1 Å². The monoisotopic (exact) mass is 623 g/mol. The minimum Gasteiger partial charge on any atom is -0.481 e. The minimum atomic E-state index is -0.677. The number of carbonyl (C=O) groups is 1. The van der Waals surface area contributed by atoms with Crippen molar-refractivity contribution in [2.24, 2.45) is 5.92 Å². The van der Waals surface area contributed by atoms with E-state index in [2.05, 4.69) is 58.1 Å². The van der Waals surface area contributed by atoms with Gasteiger partial charge in [0.2, 0.25) is 0 Å². The van der Waals surface area contributed by atoms with Crippen LogP contribution in [0.3, 0.4) is 0 Å². The van der Waals surface area contributed by atoms with Crippen molar-refractivity contribution in [2.75, 3.05) is 19.6 Å². The number of thiophene rings is 2. The maximum atomic E-state index is 11.6. The average Bonchev–Trinajstić information content (AvgIpc) is 3.67. The van der Waals surface area contributed by atoms with Crippen molar-refractivity contribution in [1.82, 2.24) is 4.90 Å². The van der Waals surface area contributed by atoms with Gasteiger partial charge in [0.05, 0.1) is 32.3 Å². The number of likely N-dealkylation sites (tertiary alicyclic amines) is 1. The number of halogens is 1. The summed E-state index contributed by atoms with van der Waals surface area (Å²) >= 11 is 3.50. The fourth-order valence-electron chi connectivity index (χ4n) is 5.22. The zero-order valence-electron chi connectivity index (χ0n) is 23.7. The second-order valence-corrected chi connectivity index (χ2v) is 12.2. The normalized spacial score (nSPS) is 15.2. The van der Waals surface area contributed by atoms with Crippen molar-refractivity contribution in [3.63, 3.8) is 0 Å². The van der Waals surface area contributed by atoms with E-state index >= 15 is 0 Å². The summed E-state index contributed by atoms with van der Waals surface area (Å²) in [6.45, 7) is 4.68. The summed E-state index contributed by atoms with van der Waals surface area (Å²) in [4.78, 5) is 16.3. The molecule has 0 spiro atoms. The Bertz CT molecular complexity index is 1320. The van der Waals surface area contributed by atoms with Crippen molar-refractivity contribution < 1.29 is 19.4 Å². The molecule has 8 heteroatoms. The molecule has 2 aromatic heterocycles. The molecule has 5 nitrogen and oxygen atoms in total. The number of benzene rings is 2. The first-order chi connectivity index (χ1) is 20.2. The number of hydrogen-bond donors (Lipinski definition) is 1. The number of carboxylic acid groups (broad SMARTS) is 1. The molecular formula is C34H38ClNO4S2. The summed E-state index contributed by atoms with van der Waals surface area (Å²) in [5.74, 6) is -0.938. The van der Waals surface area contributed by atoms with Gasteiger partial charge in [-0.15, -0.1) is 35.1 Å². The van der Waals surface area contributed by atoms with Gasteiger partial charge in [-0.3, -0.25) is 4.79 Å². The Morgan fingerprint density at radius 2 is 1.38 bits per heavy atom. The quantitative estimate of drug-likeness (QED) is 0.153. The molecule has 0 aliphatic carbocycles. The van der Waals surface area contributed by atoms with Crippen LogP contribution in [-0.4, -0.2) is 35.6 Å². The number of hydrogen-bond acceptors (Lipinski definition) is 6. The van der Waals surface area contributed by atoms with Crippen LogP contribution in [0.25, 0.3) is 5.57 Å². The number of carboxylic acids is 1. The van der Waals surface area contributed by atoms with Gasteiger partial charge in [0.15, 0.2) is 0 Å². The molecule has 1 saturated heterocycles. The molecule has 1 aliphatic rings. The van der Waals surface area contributed by atoms with E-state index in [1.54, 1.807) is 22.7 Å². The van der Waals surface area contributed by atoms with Crippen molar-refractivity contribution in [1.29, 1.82) is 0 Å². The number of ether oxygens (including phenoxy) is 2. The minimum absolute atomic E-state index is 0. The van der Waals surface area contributed by atoms with E-state index in [9.17, 15) is 9.90 Å². The zero-order chi connectivity index (χ0) is 28.3. The Balaban J connectivity index is 0.00000405. The highest BCUT2D eigenvalue weighted by Gasteiger charge is 2.25. The first-order valence-corrected chi connectivity index (χ1v) is 16.0. The van der Waals surface area contributed by atoms with Gasteiger partial charge in [0.1, 0.15) is 0 Å². The lowest BCUT2D eigenvalue weighted by atomic mass is 9.98. The standard InChI is InChI=1S/C34H37NO4S2.ClH/c36-34(37)28-13-7-17-35(21-28)18-8-14-31(32-29(15-19-40-32)24-38-22-26-9-3-1-4-10-26)33-30(16-20-41-33)25-39-23-27-11-5-2-6-12-27;/h1-6,9-12,14-16,19-20,28H,7-8,13,17-18,21-25H2,(H,36,37);1H/t28-;/m1./s1. The molecule has 0 radical (unpaired) electrons. The van der Waals surface area contributed by atoms with Crippen LogP contribution in [0.1, 0.15) is 51.3 Å². The lowest BCUT2D eigenvalue weighted by molar-refractivity contribution is -0.143. The molecule has 222 valence electrons. The Labute approximate surface area is 262 Å². The van der Waals surface area contributed by atoms with Crippen molar-refractivity contribution in [3.8, 4) is 0 Å². The topological polar surface area (TPSA) is 59.0 Å². The summed E-state index contributed by atoms with van der Waals surface area (Å²) < 4.78 is 12.3. The summed E-state index contributed by atoms with van der Waals surface area (Å²) in [6, 6.07) is 24.9. The summed E-state index contributed by atoms with van der Waals surface area (Å²) in [7, 11) is 0. The Hall–Kier alpha value is -2.78. The van der Waals surface area contributed by atoms with E-state index in [4.69, 9.17) is 9.47 Å². The van der Waals surface area contributed by atoms with Gasteiger partial charge in [-0.05, 0) is 71.0 Å². The molecule has 1 atom stereocenters. The highest BCUT2D eigenvalue weighted by molar-refractivity contribution is 7.14. The van der Waals surface area contributed by atoms with Gasteiger partial charge >= 0.3 is 5.97 Å². The zero-order valence-corrected chi connectivity index (χ0v) is 26.1. The third-order valence-corrected chi connectivity index (χ3v) is 9.35. The fraction of sp³-hybridized carbons (Fsp3) is 0.324. The molecule has 0 saturated carbocycles. The van der Waals surface area contributed by atoms with Crippen LogP contribution in [0.4, 0.5) is 0 Å². The maximum Gasteiger partial charge on any atom is 0.307 e. The van der Waals surface area contributed by atoms with Crippen molar-refractivity contribution in [3.05, 3.63) is 122 Å². The molecule has 0 amide bonds. The molecule has 4 aromatic rings. The van der Waals surface area contributed by atoms with Crippen LogP contribution in [0.2, 0.25) is 0 Å². The lowest BCUT2D eigenvalue weighted by Gasteiger charge is -2.30. The molecule has 0 unspecified atom stereocenters. The molecule has 42 heavy (non-hydrogen) atoms. The third kappa shape index (κ3) is 9.11. The van der Waals surface area contributed by atoms with E-state index in [1.807, 2.05) is 36.4 Å². The highest BCUT2D eigenvalue weighted by atomic mass is 35.5. The Kier molecular flexibility index (Phi) is 12.8. The highest BCUT2D eigenvalue weighted by Crippen LogP contribution is 2.37. The molecule has 1 N–H and O–H groups in total. The average molecular weight is 624 g/mol. The van der Waals surface area contributed by atoms with E-state index in [1.165, 1.54) is 26.5 Å². The van der Waals surface area contributed by atoms with Crippen LogP contribution < -0.4 is 0 Å². The largest absolute Gasteiger partial charge is 0.481 e. The first-order valence-electron chi connectivity index (χ1n) is 14.2. The van der Waals surface area contributed by atoms with Crippen molar-refractivity contribution in [2.45, 2.75) is 45.7 Å². The smallest absolute Gasteiger partial charge is 0.307 e. The van der Waals surface area contributed by atoms with E-state index in [0.717, 1.165) is 43.5 Å². The van der Waals surface area contributed by atoms with Gasteiger partial charge in [-0.1, -0.05) is 66.7 Å². The van der Waals surface area contributed by atoms with Gasteiger partial charge in [-0.25, -0.2) is 0 Å². The molecule has 3 heterocycles. The van der Waals surface area contributed by atoms with Gasteiger partial charge in [0.25, 0.3) is 0 Å². The number of piperidine rings is 1. The molecule has 5 rings (SSSR count). The van der Waals surface area contributed by atoms with E-state index < -0.39 is 5.97 Å². The van der Waals surface area contributed by atoms with Gasteiger partial charge in [-0.2, -0.15) is 0 Å². The Morgan fingerprint density at radius 1 is 0.833 bits per heavy atom. The summed E-state index contributed by atoms with van der Waals surface area (Å²) in [6.07, 6.45) is 4.90. The molecule has 0 bridgehead atoms. The molecule has 2 aromatic carbocycles. The predicted molar refractivity (Wildman–Crippen MR) is 174 cm³/mol. The van der Waals surface area contributed by atoms with Crippen molar-refractivity contribution >= 4 is 46.6 Å². The SMILES string of the molecule is Cl.O=C(O)[C@@H]1CCCN(CCC=C(c2sccc2COCc2ccccc2)c2sccc2COCc2ccccc2)C1. The predicted octanol–water partition coefficient (Wildman–Crippen LogP) is 8.28. The van der Waals surface area contributed by atoms with Crippen LogP contribution in [0.15, 0.2) is 89.6 Å². The lowest BCUT2D eigenvalue weighted by Crippen LogP contribution is -2.39.